The first-order valence-electron chi connectivity index (χ1n) is 7.10. The molecule has 0 bridgehead atoms. The number of nitrogens with zero attached hydrogens (tertiary/aromatic N) is 1. The van der Waals surface area contributed by atoms with Gasteiger partial charge in [0.2, 0.25) is 0 Å². The molecule has 0 fully saturated rings. The van der Waals surface area contributed by atoms with Crippen molar-refractivity contribution in [2.24, 2.45) is 4.99 Å². The maximum absolute atomic E-state index is 11.3. The van der Waals surface area contributed by atoms with Gasteiger partial charge in [-0.05, 0) is 24.1 Å². The molecule has 0 amide bonds. The van der Waals surface area contributed by atoms with Crippen LogP contribution in [0.5, 0.6) is 0 Å². The number of aliphatic imine (C=N–C) groups is 1. The van der Waals surface area contributed by atoms with E-state index in [1.54, 1.807) is 31.2 Å². The summed E-state index contributed by atoms with van der Waals surface area (Å²) >= 11 is 1.09. The van der Waals surface area contributed by atoms with Gasteiger partial charge in [0, 0.05) is 17.7 Å². The van der Waals surface area contributed by atoms with Gasteiger partial charge in [-0.3, -0.25) is 0 Å². The Labute approximate surface area is 141 Å². The molecule has 1 aromatic carbocycles. The Morgan fingerprint density at radius 2 is 1.96 bits per heavy atom. The summed E-state index contributed by atoms with van der Waals surface area (Å²) in [5.41, 5.74) is 2.75. The zero-order valence-electron chi connectivity index (χ0n) is 12.8. The number of thiophene rings is 1. The average Bonchev–Trinajstić information content (AvgIpc) is 2.85. The first-order valence-corrected chi connectivity index (χ1v) is 7.92. The molecule has 0 aliphatic carbocycles. The van der Waals surface area contributed by atoms with Gasteiger partial charge in [-0.2, -0.15) is 0 Å². The molecule has 2 aromatic rings. The SMILES string of the molecule is C=C1NC(Cc2ccccc2C(=O)O)=Nc2sc(C(=O)O)c(C)c21. The van der Waals surface area contributed by atoms with Crippen molar-refractivity contribution in [3.05, 3.63) is 58.0 Å². The van der Waals surface area contributed by atoms with Gasteiger partial charge >= 0.3 is 11.9 Å². The van der Waals surface area contributed by atoms with E-state index in [2.05, 4.69) is 16.9 Å². The van der Waals surface area contributed by atoms with Crippen molar-refractivity contribution in [3.63, 3.8) is 0 Å². The molecule has 1 aliphatic heterocycles. The zero-order valence-corrected chi connectivity index (χ0v) is 13.6. The molecule has 6 nitrogen and oxygen atoms in total. The summed E-state index contributed by atoms with van der Waals surface area (Å²) < 4.78 is 0. The van der Waals surface area contributed by atoms with E-state index in [9.17, 15) is 19.8 Å². The number of aromatic carboxylic acids is 2. The number of amidine groups is 1. The van der Waals surface area contributed by atoms with Crippen LogP contribution in [-0.2, 0) is 6.42 Å². The van der Waals surface area contributed by atoms with Crippen LogP contribution < -0.4 is 5.32 Å². The minimum atomic E-state index is -0.998. The lowest BCUT2D eigenvalue weighted by Crippen LogP contribution is -2.26. The first kappa shape index (κ1) is 15.9. The number of benzene rings is 1. The van der Waals surface area contributed by atoms with E-state index in [1.165, 1.54) is 0 Å². The molecule has 0 atom stereocenters. The van der Waals surface area contributed by atoms with Gasteiger partial charge in [-0.15, -0.1) is 11.3 Å². The predicted molar refractivity (Wildman–Crippen MR) is 92.4 cm³/mol. The molecule has 0 radical (unpaired) electrons. The smallest absolute Gasteiger partial charge is 0.346 e. The summed E-state index contributed by atoms with van der Waals surface area (Å²) in [5.74, 6) is -1.45. The van der Waals surface area contributed by atoms with Crippen molar-refractivity contribution in [3.8, 4) is 0 Å². The number of carboxylic acids is 2. The van der Waals surface area contributed by atoms with E-state index in [-0.39, 0.29) is 10.4 Å². The van der Waals surface area contributed by atoms with E-state index in [1.807, 2.05) is 0 Å². The third-order valence-corrected chi connectivity index (χ3v) is 4.94. The fourth-order valence-electron chi connectivity index (χ4n) is 2.67. The topological polar surface area (TPSA) is 99.0 Å². The van der Waals surface area contributed by atoms with Gasteiger partial charge in [-0.25, -0.2) is 14.6 Å². The Morgan fingerprint density at radius 3 is 2.62 bits per heavy atom. The van der Waals surface area contributed by atoms with Crippen molar-refractivity contribution in [1.29, 1.82) is 0 Å². The van der Waals surface area contributed by atoms with Crippen LogP contribution in [-0.4, -0.2) is 28.0 Å². The van der Waals surface area contributed by atoms with Crippen LogP contribution in [0.15, 0.2) is 35.8 Å². The quantitative estimate of drug-likeness (QED) is 0.792. The van der Waals surface area contributed by atoms with Crippen molar-refractivity contribution >= 4 is 39.8 Å². The summed E-state index contributed by atoms with van der Waals surface area (Å²) in [6.45, 7) is 5.67. The van der Waals surface area contributed by atoms with E-state index in [4.69, 9.17) is 0 Å². The van der Waals surface area contributed by atoms with Gasteiger partial charge in [0.15, 0.2) is 0 Å². The molecule has 7 heteroatoms. The summed E-state index contributed by atoms with van der Waals surface area (Å²) in [4.78, 5) is 27.3. The lowest BCUT2D eigenvalue weighted by molar-refractivity contribution is 0.0687. The normalized spacial score (nSPS) is 13.0. The molecule has 2 heterocycles. The molecular weight excluding hydrogens is 328 g/mol. The standard InChI is InChI=1S/C17H14N2O4S/c1-8-13-9(2)18-12(19-15(13)24-14(8)17(22)23)7-10-5-3-4-6-11(10)16(20)21/h3-6H,2,7H2,1H3,(H,18,19)(H,20,21)(H,22,23). The summed E-state index contributed by atoms with van der Waals surface area (Å²) in [6.07, 6.45) is 0.292. The maximum Gasteiger partial charge on any atom is 0.346 e. The molecule has 0 saturated carbocycles. The van der Waals surface area contributed by atoms with Crippen LogP contribution in [0.1, 0.15) is 36.7 Å². The fourth-order valence-corrected chi connectivity index (χ4v) is 3.74. The molecule has 122 valence electrons. The molecule has 0 unspecified atom stereocenters. The van der Waals surface area contributed by atoms with E-state index in [0.29, 0.717) is 39.6 Å². The monoisotopic (exact) mass is 342 g/mol. The van der Waals surface area contributed by atoms with Crippen LogP contribution >= 0.6 is 11.3 Å². The molecule has 3 rings (SSSR count). The van der Waals surface area contributed by atoms with Gasteiger partial charge in [0.25, 0.3) is 0 Å². The Bertz CT molecular complexity index is 911. The molecule has 1 aliphatic rings. The van der Waals surface area contributed by atoms with Gasteiger partial charge in [-0.1, -0.05) is 24.8 Å². The highest BCUT2D eigenvalue weighted by molar-refractivity contribution is 7.18. The Kier molecular flexibility index (Phi) is 3.94. The van der Waals surface area contributed by atoms with Crippen LogP contribution in [0, 0.1) is 6.92 Å². The summed E-state index contributed by atoms with van der Waals surface area (Å²) in [7, 11) is 0. The lowest BCUT2D eigenvalue weighted by atomic mass is 10.0. The van der Waals surface area contributed by atoms with E-state index < -0.39 is 11.9 Å². The number of fused-ring (bicyclic) bond motifs is 1. The highest BCUT2D eigenvalue weighted by Crippen LogP contribution is 2.40. The van der Waals surface area contributed by atoms with E-state index >= 15 is 0 Å². The second-order valence-electron chi connectivity index (χ2n) is 5.34. The zero-order chi connectivity index (χ0) is 17.4. The number of carboxylic acid groups (broad SMARTS) is 2. The van der Waals surface area contributed by atoms with Crippen LogP contribution in [0.2, 0.25) is 0 Å². The van der Waals surface area contributed by atoms with Crippen molar-refractivity contribution in [2.75, 3.05) is 0 Å². The van der Waals surface area contributed by atoms with E-state index in [0.717, 1.165) is 11.3 Å². The largest absolute Gasteiger partial charge is 0.478 e. The second-order valence-corrected chi connectivity index (χ2v) is 6.34. The number of nitrogens with one attached hydrogen (secondary N) is 1. The first-order chi connectivity index (χ1) is 11.4. The minimum Gasteiger partial charge on any atom is -0.478 e. The Balaban J connectivity index is 2.00. The number of carbonyl (C=O) groups is 2. The molecular formula is C17H14N2O4S. The Hall–Kier alpha value is -2.93. The van der Waals surface area contributed by atoms with Gasteiger partial charge in [0.05, 0.1) is 5.56 Å². The molecule has 0 saturated heterocycles. The highest BCUT2D eigenvalue weighted by atomic mass is 32.1. The average molecular weight is 342 g/mol. The lowest BCUT2D eigenvalue weighted by Gasteiger charge is -2.18. The maximum atomic E-state index is 11.3. The molecule has 3 N–H and O–H groups in total. The predicted octanol–water partition coefficient (Wildman–Crippen LogP) is 3.30. The van der Waals surface area contributed by atoms with Gasteiger partial charge < -0.3 is 15.5 Å². The van der Waals surface area contributed by atoms with Crippen molar-refractivity contribution in [1.82, 2.24) is 5.32 Å². The molecule has 1 aromatic heterocycles. The van der Waals surface area contributed by atoms with Crippen LogP contribution in [0.4, 0.5) is 5.00 Å². The molecule has 0 spiro atoms. The summed E-state index contributed by atoms with van der Waals surface area (Å²) in [6, 6.07) is 6.71. The fraction of sp³-hybridized carbons (Fsp3) is 0.118. The highest BCUT2D eigenvalue weighted by Gasteiger charge is 2.25. The van der Waals surface area contributed by atoms with Crippen molar-refractivity contribution < 1.29 is 19.8 Å². The summed E-state index contributed by atoms with van der Waals surface area (Å²) in [5, 5.41) is 22.1. The third kappa shape index (κ3) is 2.69. The molecule has 24 heavy (non-hydrogen) atoms. The number of rotatable bonds is 4. The van der Waals surface area contributed by atoms with Crippen LogP contribution in [0.3, 0.4) is 0 Å². The minimum absolute atomic E-state index is 0.215. The Morgan fingerprint density at radius 1 is 1.25 bits per heavy atom. The second kappa shape index (κ2) is 5.93. The van der Waals surface area contributed by atoms with Crippen molar-refractivity contribution in [2.45, 2.75) is 13.3 Å². The van der Waals surface area contributed by atoms with Gasteiger partial charge in [0.1, 0.15) is 15.7 Å². The third-order valence-electron chi connectivity index (χ3n) is 3.76. The van der Waals surface area contributed by atoms with Crippen LogP contribution in [0.25, 0.3) is 5.70 Å². The number of hydrogen-bond acceptors (Lipinski definition) is 5. The number of hydrogen-bond donors (Lipinski definition) is 3.